The number of aliphatic imine (C=N–C) groups is 1. The summed E-state index contributed by atoms with van der Waals surface area (Å²) in [5.41, 5.74) is 6.42. The third-order valence-corrected chi connectivity index (χ3v) is 4.95. The van der Waals surface area contributed by atoms with E-state index < -0.39 is 23.0 Å². The fourth-order valence-electron chi connectivity index (χ4n) is 2.76. The number of rotatable bonds is 3. The minimum Gasteiger partial charge on any atom is -0.507 e. The van der Waals surface area contributed by atoms with Gasteiger partial charge in [-0.3, -0.25) is 9.79 Å². The van der Waals surface area contributed by atoms with Crippen LogP contribution in [-0.4, -0.2) is 21.9 Å². The predicted molar refractivity (Wildman–Crippen MR) is 98.5 cm³/mol. The fraction of sp³-hybridized carbons (Fsp3) is 0.222. The van der Waals surface area contributed by atoms with Crippen LogP contribution in [0.5, 0.6) is 5.75 Å². The van der Waals surface area contributed by atoms with Crippen LogP contribution in [0.25, 0.3) is 0 Å². The lowest BCUT2D eigenvalue weighted by atomic mass is 9.89. The smallest absolute Gasteiger partial charge is 0.262 e. The molecule has 0 radical (unpaired) electrons. The number of nitrogens with two attached hydrogens (primary N) is 1. The highest BCUT2D eigenvalue weighted by Crippen LogP contribution is 2.36. The first-order valence-electron chi connectivity index (χ1n) is 7.76. The van der Waals surface area contributed by atoms with Gasteiger partial charge in [-0.25, -0.2) is 4.39 Å². The molecule has 0 saturated heterocycles. The Bertz CT molecular complexity index is 836. The lowest BCUT2D eigenvalue weighted by Crippen LogP contribution is -2.28. The summed E-state index contributed by atoms with van der Waals surface area (Å²) < 4.78 is 13.8. The number of hydrogen-bond acceptors (Lipinski definition) is 5. The molecule has 3 rings (SSSR count). The van der Waals surface area contributed by atoms with Gasteiger partial charge in [-0.1, -0.05) is 30.0 Å². The zero-order chi connectivity index (χ0) is 18.0. The van der Waals surface area contributed by atoms with Gasteiger partial charge < -0.3 is 16.2 Å². The Balaban J connectivity index is 1.88. The molecule has 7 heteroatoms. The molecule has 2 aromatic carbocycles. The summed E-state index contributed by atoms with van der Waals surface area (Å²) in [5.74, 6) is -1.02. The van der Waals surface area contributed by atoms with Crippen molar-refractivity contribution in [2.45, 2.75) is 18.9 Å². The van der Waals surface area contributed by atoms with Gasteiger partial charge >= 0.3 is 0 Å². The zero-order valence-electron chi connectivity index (χ0n) is 13.6. The molecule has 0 aliphatic carbocycles. The lowest BCUT2D eigenvalue weighted by Gasteiger charge is -2.30. The average Bonchev–Trinajstić information content (AvgIpc) is 2.55. The van der Waals surface area contributed by atoms with Gasteiger partial charge in [-0.05, 0) is 43.2 Å². The van der Waals surface area contributed by atoms with Crippen LogP contribution in [0.15, 0.2) is 47.5 Å². The average molecular weight is 359 g/mol. The second-order valence-corrected chi connectivity index (χ2v) is 7.11. The van der Waals surface area contributed by atoms with Crippen molar-refractivity contribution in [2.75, 3.05) is 11.1 Å². The van der Waals surface area contributed by atoms with Crippen molar-refractivity contribution < 1.29 is 14.3 Å². The number of hydrogen-bond donors (Lipinski definition) is 3. The first-order chi connectivity index (χ1) is 11.9. The third-order valence-electron chi connectivity index (χ3n) is 4.16. The van der Waals surface area contributed by atoms with Crippen molar-refractivity contribution in [1.82, 2.24) is 0 Å². The molecule has 0 fully saturated rings. The molecule has 1 heterocycles. The molecular weight excluding hydrogens is 341 g/mol. The molecule has 1 amide bonds. The second kappa shape index (κ2) is 6.76. The summed E-state index contributed by atoms with van der Waals surface area (Å²) >= 11 is 1.52. The predicted octanol–water partition coefficient (Wildman–Crippen LogP) is 3.45. The number of amidine groups is 1. The van der Waals surface area contributed by atoms with E-state index >= 15 is 0 Å². The van der Waals surface area contributed by atoms with Gasteiger partial charge in [0.2, 0.25) is 0 Å². The Labute approximate surface area is 149 Å². The number of phenols is 1. The van der Waals surface area contributed by atoms with E-state index in [9.17, 15) is 14.3 Å². The quantitative estimate of drug-likeness (QED) is 0.783. The van der Waals surface area contributed by atoms with Crippen LogP contribution < -0.4 is 11.1 Å². The van der Waals surface area contributed by atoms with Crippen molar-refractivity contribution in [3.8, 4) is 5.75 Å². The van der Waals surface area contributed by atoms with Crippen molar-refractivity contribution in [1.29, 1.82) is 0 Å². The Morgan fingerprint density at radius 2 is 2.12 bits per heavy atom. The summed E-state index contributed by atoms with van der Waals surface area (Å²) in [5, 5.41) is 12.9. The van der Waals surface area contributed by atoms with Gasteiger partial charge in [-0.2, -0.15) is 0 Å². The third kappa shape index (κ3) is 3.61. The van der Waals surface area contributed by atoms with Crippen LogP contribution >= 0.6 is 11.8 Å². The SMILES string of the molecule is CC1(c2cccc(NC(=O)c3c(O)cccc3F)c2)CCSC(N)=N1. The number of nitrogens with one attached hydrogen (secondary N) is 1. The molecular formula is C18H18FN3O2S. The maximum atomic E-state index is 13.8. The number of benzene rings is 2. The standard InChI is InChI=1S/C18H18FN3O2S/c1-18(8-9-25-17(20)22-18)11-4-2-5-12(10-11)21-16(24)15-13(19)6-3-7-14(15)23/h2-7,10,23H,8-9H2,1H3,(H2,20,22)(H,21,24). The molecule has 1 atom stereocenters. The maximum Gasteiger partial charge on any atom is 0.262 e. The van der Waals surface area contributed by atoms with Gasteiger partial charge in [0.25, 0.3) is 5.91 Å². The molecule has 25 heavy (non-hydrogen) atoms. The van der Waals surface area contributed by atoms with Gasteiger partial charge in [0.1, 0.15) is 17.1 Å². The van der Waals surface area contributed by atoms with Crippen LogP contribution in [0.3, 0.4) is 0 Å². The highest BCUT2D eigenvalue weighted by atomic mass is 32.2. The number of amides is 1. The summed E-state index contributed by atoms with van der Waals surface area (Å²) in [6, 6.07) is 11.0. The summed E-state index contributed by atoms with van der Waals surface area (Å²) in [6.07, 6.45) is 0.823. The van der Waals surface area contributed by atoms with Crippen molar-refractivity contribution in [3.63, 3.8) is 0 Å². The van der Waals surface area contributed by atoms with E-state index in [1.807, 2.05) is 13.0 Å². The van der Waals surface area contributed by atoms with E-state index in [4.69, 9.17) is 5.73 Å². The zero-order valence-corrected chi connectivity index (χ0v) is 14.4. The highest BCUT2D eigenvalue weighted by Gasteiger charge is 2.29. The van der Waals surface area contributed by atoms with E-state index in [-0.39, 0.29) is 5.56 Å². The van der Waals surface area contributed by atoms with Gasteiger partial charge in [0, 0.05) is 11.4 Å². The first-order valence-corrected chi connectivity index (χ1v) is 8.75. The summed E-state index contributed by atoms with van der Waals surface area (Å²) in [4.78, 5) is 16.8. The fourth-order valence-corrected chi connectivity index (χ4v) is 3.73. The number of anilines is 1. The molecule has 0 saturated carbocycles. The number of phenolic OH excluding ortho intramolecular Hbond substituents is 1. The number of carbonyl (C=O) groups is 1. The minimum atomic E-state index is -0.776. The maximum absolute atomic E-state index is 13.8. The number of nitrogens with zero attached hydrogens (tertiary/aromatic N) is 1. The summed E-state index contributed by atoms with van der Waals surface area (Å²) in [6.45, 7) is 1.99. The van der Waals surface area contributed by atoms with E-state index in [1.54, 1.807) is 18.2 Å². The molecule has 0 aromatic heterocycles. The Hall–Kier alpha value is -2.54. The highest BCUT2D eigenvalue weighted by molar-refractivity contribution is 8.13. The van der Waals surface area contributed by atoms with E-state index in [0.29, 0.717) is 10.9 Å². The number of thioether (sulfide) groups is 1. The van der Waals surface area contributed by atoms with Crippen LogP contribution in [-0.2, 0) is 5.54 Å². The first kappa shape index (κ1) is 17.3. The molecule has 1 aliphatic rings. The van der Waals surface area contributed by atoms with Crippen molar-refractivity contribution in [2.24, 2.45) is 10.7 Å². The molecule has 0 bridgehead atoms. The van der Waals surface area contributed by atoms with Gasteiger partial charge in [-0.15, -0.1) is 0 Å². The topological polar surface area (TPSA) is 87.7 Å². The Kier molecular flexibility index (Phi) is 4.67. The van der Waals surface area contributed by atoms with Crippen LogP contribution in [0.1, 0.15) is 29.3 Å². The van der Waals surface area contributed by atoms with Crippen LogP contribution in [0.2, 0.25) is 0 Å². The van der Waals surface area contributed by atoms with E-state index in [1.165, 1.54) is 23.9 Å². The largest absolute Gasteiger partial charge is 0.507 e. The summed E-state index contributed by atoms with van der Waals surface area (Å²) in [7, 11) is 0. The Morgan fingerprint density at radius 3 is 2.84 bits per heavy atom. The van der Waals surface area contributed by atoms with E-state index in [0.717, 1.165) is 23.8 Å². The normalized spacial score (nSPS) is 20.0. The van der Waals surface area contributed by atoms with Gasteiger partial charge in [0.05, 0.1) is 5.54 Å². The molecule has 5 nitrogen and oxygen atoms in total. The van der Waals surface area contributed by atoms with E-state index in [2.05, 4.69) is 10.3 Å². The molecule has 1 aliphatic heterocycles. The molecule has 4 N–H and O–H groups in total. The van der Waals surface area contributed by atoms with Crippen LogP contribution in [0, 0.1) is 5.82 Å². The Morgan fingerprint density at radius 1 is 1.36 bits per heavy atom. The molecule has 130 valence electrons. The van der Waals surface area contributed by atoms with Gasteiger partial charge in [0.15, 0.2) is 5.17 Å². The molecule has 1 unspecified atom stereocenters. The molecule has 2 aromatic rings. The van der Waals surface area contributed by atoms with Crippen molar-refractivity contribution in [3.05, 3.63) is 59.4 Å². The van der Waals surface area contributed by atoms with Crippen molar-refractivity contribution >= 4 is 28.5 Å². The number of aromatic hydroxyl groups is 1. The van der Waals surface area contributed by atoms with Crippen LogP contribution in [0.4, 0.5) is 10.1 Å². The number of halogens is 1. The number of carbonyl (C=O) groups excluding carboxylic acids is 1. The second-order valence-electron chi connectivity index (χ2n) is 5.99. The molecule has 0 spiro atoms. The lowest BCUT2D eigenvalue weighted by molar-refractivity contribution is 0.102. The minimum absolute atomic E-state index is 0.379. The monoisotopic (exact) mass is 359 g/mol.